The van der Waals surface area contributed by atoms with Crippen LogP contribution in [0.5, 0.6) is 0 Å². The highest BCUT2D eigenvalue weighted by Crippen LogP contribution is 2.22. The molecule has 2 N–H and O–H groups in total. The van der Waals surface area contributed by atoms with Crippen LogP contribution in [0.2, 0.25) is 0 Å². The lowest BCUT2D eigenvalue weighted by Gasteiger charge is -2.28. The zero-order valence-electron chi connectivity index (χ0n) is 15.1. The molecule has 4 rings (SSSR count). The molecule has 0 bridgehead atoms. The normalized spacial score (nSPS) is 19.7. The minimum absolute atomic E-state index is 0.192. The Bertz CT molecular complexity index is 943. The van der Waals surface area contributed by atoms with Gasteiger partial charge in [0.15, 0.2) is 0 Å². The summed E-state index contributed by atoms with van der Waals surface area (Å²) in [6, 6.07) is 13.5. The van der Waals surface area contributed by atoms with Crippen LogP contribution >= 0.6 is 0 Å². The molecule has 0 radical (unpaired) electrons. The van der Waals surface area contributed by atoms with Gasteiger partial charge in [0.25, 0.3) is 5.91 Å². The molecule has 1 fully saturated rings. The molecule has 1 saturated carbocycles. The van der Waals surface area contributed by atoms with E-state index in [9.17, 15) is 9.90 Å². The summed E-state index contributed by atoms with van der Waals surface area (Å²) in [5.41, 5.74) is 3.39. The van der Waals surface area contributed by atoms with Crippen molar-refractivity contribution in [1.29, 1.82) is 0 Å². The van der Waals surface area contributed by atoms with Crippen molar-refractivity contribution in [1.82, 2.24) is 15.3 Å². The van der Waals surface area contributed by atoms with Crippen LogP contribution < -0.4 is 5.32 Å². The lowest BCUT2D eigenvalue weighted by molar-refractivity contribution is 0.0714. The van der Waals surface area contributed by atoms with Crippen LogP contribution in [0.4, 0.5) is 0 Å². The van der Waals surface area contributed by atoms with Gasteiger partial charge in [0.05, 0.1) is 17.7 Å². The third-order valence-corrected chi connectivity index (χ3v) is 5.22. The van der Waals surface area contributed by atoms with E-state index in [-0.39, 0.29) is 11.9 Å². The Hall–Kier alpha value is -2.79. The number of rotatable bonds is 4. The molecule has 1 aliphatic carbocycles. The summed E-state index contributed by atoms with van der Waals surface area (Å²) in [5, 5.41) is 14.2. The SMILES string of the molecule is O=C(N[C@H]1CCCC[C@@H]1O)c1cc(Cc2ccncc2)c2ccccc2n1. The maximum atomic E-state index is 12.8. The molecule has 2 aromatic heterocycles. The first-order valence-electron chi connectivity index (χ1n) is 9.47. The molecule has 1 aromatic carbocycles. The van der Waals surface area contributed by atoms with Gasteiger partial charge in [-0.2, -0.15) is 0 Å². The summed E-state index contributed by atoms with van der Waals surface area (Å²) in [6.45, 7) is 0. The number of hydrogen-bond donors (Lipinski definition) is 2. The van der Waals surface area contributed by atoms with Gasteiger partial charge in [0.2, 0.25) is 0 Å². The topological polar surface area (TPSA) is 75.1 Å². The third-order valence-electron chi connectivity index (χ3n) is 5.22. The molecule has 3 aromatic rings. The second-order valence-electron chi connectivity index (χ2n) is 7.15. The first kappa shape index (κ1) is 17.6. The molecule has 5 heteroatoms. The number of amides is 1. The van der Waals surface area contributed by atoms with Gasteiger partial charge in [-0.05, 0) is 54.7 Å². The van der Waals surface area contributed by atoms with Crippen molar-refractivity contribution in [3.05, 3.63) is 71.7 Å². The molecule has 0 spiro atoms. The van der Waals surface area contributed by atoms with E-state index >= 15 is 0 Å². The van der Waals surface area contributed by atoms with Crippen molar-refractivity contribution in [2.24, 2.45) is 0 Å². The second kappa shape index (κ2) is 7.84. The summed E-state index contributed by atoms with van der Waals surface area (Å²) in [7, 11) is 0. The Morgan fingerprint density at radius 2 is 1.89 bits per heavy atom. The smallest absolute Gasteiger partial charge is 0.270 e. The predicted molar refractivity (Wildman–Crippen MR) is 105 cm³/mol. The van der Waals surface area contributed by atoms with Crippen LogP contribution in [0.25, 0.3) is 10.9 Å². The van der Waals surface area contributed by atoms with Crippen molar-refractivity contribution in [3.63, 3.8) is 0 Å². The number of carbonyl (C=O) groups is 1. The van der Waals surface area contributed by atoms with Gasteiger partial charge < -0.3 is 10.4 Å². The fourth-order valence-corrected chi connectivity index (χ4v) is 3.75. The van der Waals surface area contributed by atoms with E-state index < -0.39 is 6.10 Å². The lowest BCUT2D eigenvalue weighted by atomic mass is 9.92. The van der Waals surface area contributed by atoms with Crippen molar-refractivity contribution in [3.8, 4) is 0 Å². The number of aromatic nitrogens is 2. The Labute approximate surface area is 158 Å². The zero-order chi connectivity index (χ0) is 18.6. The van der Waals surface area contributed by atoms with Crippen molar-refractivity contribution >= 4 is 16.8 Å². The van der Waals surface area contributed by atoms with Crippen LogP contribution in [-0.4, -0.2) is 33.1 Å². The maximum absolute atomic E-state index is 12.8. The summed E-state index contributed by atoms with van der Waals surface area (Å²) in [6.07, 6.45) is 7.37. The molecule has 138 valence electrons. The fraction of sp³-hybridized carbons (Fsp3) is 0.318. The van der Waals surface area contributed by atoms with Crippen molar-refractivity contribution in [2.75, 3.05) is 0 Å². The van der Waals surface area contributed by atoms with Crippen molar-refractivity contribution < 1.29 is 9.90 Å². The quantitative estimate of drug-likeness (QED) is 0.748. The number of nitrogens with one attached hydrogen (secondary N) is 1. The van der Waals surface area contributed by atoms with E-state index in [0.29, 0.717) is 12.1 Å². The monoisotopic (exact) mass is 361 g/mol. The van der Waals surface area contributed by atoms with E-state index in [4.69, 9.17) is 0 Å². The Morgan fingerprint density at radius 3 is 2.70 bits per heavy atom. The summed E-state index contributed by atoms with van der Waals surface area (Å²) < 4.78 is 0. The van der Waals surface area contributed by atoms with Crippen LogP contribution in [0.3, 0.4) is 0 Å². The number of para-hydroxylation sites is 1. The lowest BCUT2D eigenvalue weighted by Crippen LogP contribution is -2.45. The third kappa shape index (κ3) is 3.98. The molecule has 0 saturated heterocycles. The first-order valence-corrected chi connectivity index (χ1v) is 9.47. The molecule has 5 nitrogen and oxygen atoms in total. The van der Waals surface area contributed by atoms with Gasteiger partial charge in [-0.15, -0.1) is 0 Å². The number of nitrogens with zero attached hydrogens (tertiary/aromatic N) is 2. The average Bonchev–Trinajstić information content (AvgIpc) is 2.70. The maximum Gasteiger partial charge on any atom is 0.270 e. The second-order valence-corrected chi connectivity index (χ2v) is 7.15. The standard InChI is InChI=1S/C22H23N3O2/c26-21-8-4-3-7-19(21)25-22(27)20-14-16(13-15-9-11-23-12-10-15)17-5-1-2-6-18(17)24-20/h1-2,5-6,9-12,14,19,21,26H,3-4,7-8,13H2,(H,25,27)/t19-,21-/m0/s1. The number of benzene rings is 1. The number of aliphatic hydroxyl groups excluding tert-OH is 1. The van der Waals surface area contributed by atoms with E-state index in [1.54, 1.807) is 12.4 Å². The molecule has 1 amide bonds. The van der Waals surface area contributed by atoms with Crippen LogP contribution in [0.15, 0.2) is 54.9 Å². The number of carbonyl (C=O) groups excluding carboxylic acids is 1. The predicted octanol–water partition coefficient (Wildman–Crippen LogP) is 3.25. The van der Waals surface area contributed by atoms with Gasteiger partial charge in [0, 0.05) is 17.8 Å². The minimum Gasteiger partial charge on any atom is -0.391 e. The molecule has 2 heterocycles. The number of pyridine rings is 2. The molecule has 2 atom stereocenters. The summed E-state index contributed by atoms with van der Waals surface area (Å²) >= 11 is 0. The first-order chi connectivity index (χ1) is 13.2. The largest absolute Gasteiger partial charge is 0.391 e. The summed E-state index contributed by atoms with van der Waals surface area (Å²) in [5.74, 6) is -0.220. The van der Waals surface area contributed by atoms with E-state index in [1.807, 2.05) is 42.5 Å². The summed E-state index contributed by atoms with van der Waals surface area (Å²) in [4.78, 5) is 21.4. The highest BCUT2D eigenvalue weighted by molar-refractivity contribution is 5.96. The van der Waals surface area contributed by atoms with Gasteiger partial charge in [-0.1, -0.05) is 31.0 Å². The minimum atomic E-state index is -0.473. The van der Waals surface area contributed by atoms with E-state index in [2.05, 4.69) is 15.3 Å². The van der Waals surface area contributed by atoms with Crippen molar-refractivity contribution in [2.45, 2.75) is 44.2 Å². The average molecular weight is 361 g/mol. The molecule has 0 aliphatic heterocycles. The fourth-order valence-electron chi connectivity index (χ4n) is 3.75. The molecular formula is C22H23N3O2. The Balaban J connectivity index is 1.65. The van der Waals surface area contributed by atoms with Gasteiger partial charge in [-0.25, -0.2) is 4.98 Å². The molecule has 27 heavy (non-hydrogen) atoms. The van der Waals surface area contributed by atoms with Gasteiger partial charge in [0.1, 0.15) is 5.69 Å². The number of aliphatic hydroxyl groups is 1. The zero-order valence-corrected chi connectivity index (χ0v) is 15.1. The van der Waals surface area contributed by atoms with Crippen LogP contribution in [0.1, 0.15) is 47.3 Å². The molecular weight excluding hydrogens is 338 g/mol. The number of fused-ring (bicyclic) bond motifs is 1. The van der Waals surface area contributed by atoms with Gasteiger partial charge >= 0.3 is 0 Å². The van der Waals surface area contributed by atoms with E-state index in [0.717, 1.165) is 47.7 Å². The highest BCUT2D eigenvalue weighted by Gasteiger charge is 2.25. The van der Waals surface area contributed by atoms with Crippen LogP contribution in [-0.2, 0) is 6.42 Å². The Morgan fingerprint density at radius 1 is 1.11 bits per heavy atom. The Kier molecular flexibility index (Phi) is 5.12. The molecule has 1 aliphatic rings. The van der Waals surface area contributed by atoms with Gasteiger partial charge in [-0.3, -0.25) is 9.78 Å². The molecule has 0 unspecified atom stereocenters. The van der Waals surface area contributed by atoms with E-state index in [1.165, 1.54) is 0 Å². The number of hydrogen-bond acceptors (Lipinski definition) is 4. The highest BCUT2D eigenvalue weighted by atomic mass is 16.3. The van der Waals surface area contributed by atoms with Crippen LogP contribution in [0, 0.1) is 0 Å².